The van der Waals surface area contributed by atoms with E-state index in [1.165, 1.54) is 22.5 Å². The molecule has 0 aliphatic carbocycles. The largest absolute Gasteiger partial charge is 0.463 e. The maximum absolute atomic E-state index is 14.6. The summed E-state index contributed by atoms with van der Waals surface area (Å²) < 4.78 is 9.98. The number of hydrogen-bond acceptors (Lipinski definition) is 5. The molecule has 0 saturated carbocycles. The molecule has 0 fully saturated rings. The molecule has 0 bridgehead atoms. The predicted molar refractivity (Wildman–Crippen MR) is 202 cm³/mol. The number of aryl methyl sites for hydroxylation is 1. The van der Waals surface area contributed by atoms with Gasteiger partial charge in [0.1, 0.15) is 0 Å². The fourth-order valence-corrected chi connectivity index (χ4v) is 7.66. The van der Waals surface area contributed by atoms with E-state index < -0.39 is 12.0 Å². The van der Waals surface area contributed by atoms with Gasteiger partial charge in [-0.2, -0.15) is 0 Å². The first kappa shape index (κ1) is 33.0. The standard InChI is InChI=1S/C43H39N3O3S/c1-6-49-42(48)38-29(5)44-43-46(40(38)33-21-19-30(20-22-33)27(2)3)41(47)37(50-43)26-34-25-36(31-13-9-7-10-14-31)45(35-23-17-28(4)18-24-35)39(34)32-15-11-8-12-16-32/h7-27,40H,6H2,1-5H3/b37-26-/t40-/m1/s1. The first-order valence-electron chi connectivity index (χ1n) is 17.0. The summed E-state index contributed by atoms with van der Waals surface area (Å²) in [6, 6.07) is 38.7. The van der Waals surface area contributed by atoms with E-state index >= 15 is 0 Å². The topological polar surface area (TPSA) is 65.6 Å². The third kappa shape index (κ3) is 6.09. The van der Waals surface area contributed by atoms with Crippen molar-refractivity contribution in [2.45, 2.75) is 46.6 Å². The first-order valence-corrected chi connectivity index (χ1v) is 17.8. The minimum Gasteiger partial charge on any atom is -0.463 e. The number of ether oxygens (including phenoxy) is 1. The van der Waals surface area contributed by atoms with Crippen LogP contribution in [0.15, 0.2) is 136 Å². The van der Waals surface area contributed by atoms with Crippen molar-refractivity contribution in [2.24, 2.45) is 4.99 Å². The number of carbonyl (C=O) groups excluding carboxylic acids is 1. The van der Waals surface area contributed by atoms with Crippen LogP contribution in [-0.2, 0) is 9.53 Å². The molecular formula is C43H39N3O3S. The Morgan fingerprint density at radius 3 is 2.14 bits per heavy atom. The number of allylic oxidation sites excluding steroid dienone is 1. The van der Waals surface area contributed by atoms with Gasteiger partial charge < -0.3 is 9.30 Å². The summed E-state index contributed by atoms with van der Waals surface area (Å²) in [7, 11) is 0. The SMILES string of the molecule is CCOC(=O)C1=C(C)N=c2s/c(=C\c3cc(-c4ccccc4)n(-c4ccc(C)cc4)c3-c3ccccc3)c(=O)n2[C@@H]1c1ccc(C(C)C)cc1. The number of hydrogen-bond donors (Lipinski definition) is 0. The van der Waals surface area contributed by atoms with Gasteiger partial charge in [0.05, 0.1) is 39.8 Å². The van der Waals surface area contributed by atoms with E-state index in [2.05, 4.69) is 92.1 Å². The van der Waals surface area contributed by atoms with Crippen LogP contribution in [0.1, 0.15) is 61.9 Å². The Labute approximate surface area is 296 Å². The summed E-state index contributed by atoms with van der Waals surface area (Å²) in [5.74, 6) is -0.116. The second-order valence-corrected chi connectivity index (χ2v) is 13.9. The molecule has 6 aromatic rings. The maximum atomic E-state index is 14.6. The molecule has 7 heteroatoms. The molecule has 4 aromatic carbocycles. The molecule has 0 radical (unpaired) electrons. The smallest absolute Gasteiger partial charge is 0.338 e. The van der Waals surface area contributed by atoms with Crippen molar-refractivity contribution in [1.29, 1.82) is 0 Å². The molecule has 7 rings (SSSR count). The van der Waals surface area contributed by atoms with Gasteiger partial charge in [-0.3, -0.25) is 9.36 Å². The zero-order chi connectivity index (χ0) is 34.9. The second-order valence-electron chi connectivity index (χ2n) is 12.9. The molecule has 50 heavy (non-hydrogen) atoms. The minimum absolute atomic E-state index is 0.204. The molecule has 2 aromatic heterocycles. The van der Waals surface area contributed by atoms with Crippen molar-refractivity contribution >= 4 is 23.4 Å². The van der Waals surface area contributed by atoms with E-state index in [-0.39, 0.29) is 12.2 Å². The van der Waals surface area contributed by atoms with Crippen LogP contribution in [0.4, 0.5) is 0 Å². The fourth-order valence-electron chi connectivity index (χ4n) is 6.63. The minimum atomic E-state index is -0.667. The Bertz CT molecular complexity index is 2400. The lowest BCUT2D eigenvalue weighted by Crippen LogP contribution is -2.39. The van der Waals surface area contributed by atoms with Crippen molar-refractivity contribution in [2.75, 3.05) is 6.61 Å². The van der Waals surface area contributed by atoms with Crippen LogP contribution in [-0.4, -0.2) is 21.7 Å². The number of benzene rings is 4. The van der Waals surface area contributed by atoms with Gasteiger partial charge in [-0.1, -0.05) is 128 Å². The van der Waals surface area contributed by atoms with Gasteiger partial charge >= 0.3 is 5.97 Å². The van der Waals surface area contributed by atoms with Gasteiger partial charge in [0.2, 0.25) is 0 Å². The summed E-state index contributed by atoms with van der Waals surface area (Å²) in [5.41, 5.74) is 9.92. The number of rotatable bonds is 8. The molecule has 3 heterocycles. The second kappa shape index (κ2) is 13.8. The van der Waals surface area contributed by atoms with Gasteiger partial charge in [-0.05, 0) is 73.2 Å². The maximum Gasteiger partial charge on any atom is 0.338 e. The Hall–Kier alpha value is -5.53. The van der Waals surface area contributed by atoms with Crippen LogP contribution in [0.2, 0.25) is 0 Å². The fraction of sp³-hybridized carbons (Fsp3) is 0.186. The summed E-state index contributed by atoms with van der Waals surface area (Å²) in [5, 5.41) is 0. The molecule has 250 valence electrons. The zero-order valence-corrected chi connectivity index (χ0v) is 29.7. The van der Waals surface area contributed by atoms with E-state index in [0.717, 1.165) is 39.3 Å². The van der Waals surface area contributed by atoms with Gasteiger partial charge in [0.25, 0.3) is 5.56 Å². The molecule has 1 aliphatic rings. The molecular weight excluding hydrogens is 639 g/mol. The summed E-state index contributed by atoms with van der Waals surface area (Å²) >= 11 is 1.34. The van der Waals surface area contributed by atoms with Crippen LogP contribution in [0, 0.1) is 6.92 Å². The lowest BCUT2D eigenvalue weighted by atomic mass is 9.93. The summed E-state index contributed by atoms with van der Waals surface area (Å²) in [4.78, 5) is 33.4. The van der Waals surface area contributed by atoms with E-state index in [1.807, 2.05) is 61.5 Å². The van der Waals surface area contributed by atoms with Gasteiger partial charge in [-0.15, -0.1) is 0 Å². The third-order valence-electron chi connectivity index (χ3n) is 9.16. The van der Waals surface area contributed by atoms with Gasteiger partial charge in [-0.25, -0.2) is 9.79 Å². The zero-order valence-electron chi connectivity index (χ0n) is 28.9. The van der Waals surface area contributed by atoms with Gasteiger partial charge in [0, 0.05) is 11.3 Å². The number of thiazole rings is 1. The molecule has 0 spiro atoms. The van der Waals surface area contributed by atoms with Crippen molar-refractivity contribution in [1.82, 2.24) is 9.13 Å². The number of carbonyl (C=O) groups is 1. The Morgan fingerprint density at radius 1 is 0.880 bits per heavy atom. The number of aromatic nitrogens is 2. The van der Waals surface area contributed by atoms with Crippen LogP contribution in [0.25, 0.3) is 34.3 Å². The first-order chi connectivity index (χ1) is 24.2. The van der Waals surface area contributed by atoms with Crippen molar-refractivity contribution < 1.29 is 9.53 Å². The lowest BCUT2D eigenvalue weighted by Gasteiger charge is -2.25. The number of esters is 1. The number of fused-ring (bicyclic) bond motifs is 1. The van der Waals surface area contributed by atoms with Crippen molar-refractivity contribution in [3.63, 3.8) is 0 Å². The highest BCUT2D eigenvalue weighted by atomic mass is 32.1. The van der Waals surface area contributed by atoms with Crippen molar-refractivity contribution in [3.8, 4) is 28.2 Å². The monoisotopic (exact) mass is 677 g/mol. The quantitative estimate of drug-likeness (QED) is 0.152. The van der Waals surface area contributed by atoms with E-state index in [4.69, 9.17) is 9.73 Å². The Balaban J connectivity index is 1.49. The predicted octanol–water partition coefficient (Wildman–Crippen LogP) is 8.35. The van der Waals surface area contributed by atoms with Crippen LogP contribution >= 0.6 is 11.3 Å². The van der Waals surface area contributed by atoms with Crippen LogP contribution in [0.3, 0.4) is 0 Å². The van der Waals surface area contributed by atoms with Crippen LogP contribution < -0.4 is 14.9 Å². The highest BCUT2D eigenvalue weighted by Gasteiger charge is 2.33. The molecule has 0 amide bonds. The van der Waals surface area contributed by atoms with Gasteiger partial charge in [0.15, 0.2) is 4.80 Å². The summed E-state index contributed by atoms with van der Waals surface area (Å²) in [6.07, 6.45) is 1.98. The molecule has 0 saturated heterocycles. The normalized spacial score (nSPS) is 14.5. The molecule has 0 unspecified atom stereocenters. The Morgan fingerprint density at radius 2 is 1.52 bits per heavy atom. The average molecular weight is 678 g/mol. The van der Waals surface area contributed by atoms with E-state index in [9.17, 15) is 9.59 Å². The van der Waals surface area contributed by atoms with Crippen LogP contribution in [0.5, 0.6) is 0 Å². The molecule has 1 aliphatic heterocycles. The summed E-state index contributed by atoms with van der Waals surface area (Å²) in [6.45, 7) is 10.2. The van der Waals surface area contributed by atoms with E-state index in [1.54, 1.807) is 11.5 Å². The molecule has 0 N–H and O–H groups in total. The molecule has 6 nitrogen and oxygen atoms in total. The lowest BCUT2D eigenvalue weighted by molar-refractivity contribution is -0.139. The average Bonchev–Trinajstić information content (AvgIpc) is 3.65. The molecule has 1 atom stereocenters. The highest BCUT2D eigenvalue weighted by Crippen LogP contribution is 2.37. The third-order valence-corrected chi connectivity index (χ3v) is 10.1. The van der Waals surface area contributed by atoms with E-state index in [0.29, 0.717) is 26.5 Å². The number of nitrogens with zero attached hydrogens (tertiary/aromatic N) is 3. The van der Waals surface area contributed by atoms with Crippen molar-refractivity contribution in [3.05, 3.63) is 168 Å². The highest BCUT2D eigenvalue weighted by molar-refractivity contribution is 7.07. The Kier molecular flexibility index (Phi) is 9.08.